The van der Waals surface area contributed by atoms with Gasteiger partial charge in [-0.05, 0) is 13.0 Å². The number of nitro benzene ring substituents is 1. The summed E-state index contributed by atoms with van der Waals surface area (Å²) >= 11 is 6.15. The second-order valence-electron chi connectivity index (χ2n) is 6.42. The van der Waals surface area contributed by atoms with Crippen LogP contribution in [0.2, 0.25) is 5.02 Å². The van der Waals surface area contributed by atoms with Gasteiger partial charge in [0.05, 0.1) is 17.4 Å². The Morgan fingerprint density at radius 2 is 1.97 bits per heavy atom. The average molecular weight is 430 g/mol. The SMILES string of the molecule is Cc1onc(-c2ccccc2)c1C(=O)NC(CC(=O)O)c1cc([N+](=O)[O-])ccc1Cl. The minimum Gasteiger partial charge on any atom is -0.481 e. The molecule has 0 fully saturated rings. The number of nitrogens with one attached hydrogen (secondary N) is 1. The van der Waals surface area contributed by atoms with E-state index in [0.717, 1.165) is 6.07 Å². The number of halogens is 1. The lowest BCUT2D eigenvalue weighted by molar-refractivity contribution is -0.384. The minimum atomic E-state index is -1.21. The van der Waals surface area contributed by atoms with Crippen LogP contribution in [-0.4, -0.2) is 27.1 Å². The summed E-state index contributed by atoms with van der Waals surface area (Å²) in [6, 6.07) is 11.4. The largest absolute Gasteiger partial charge is 0.481 e. The van der Waals surface area contributed by atoms with Crippen LogP contribution in [0.25, 0.3) is 11.3 Å². The van der Waals surface area contributed by atoms with E-state index in [9.17, 15) is 24.8 Å². The van der Waals surface area contributed by atoms with Gasteiger partial charge in [0.25, 0.3) is 11.6 Å². The molecule has 0 aliphatic heterocycles. The Kier molecular flexibility index (Phi) is 6.12. The molecule has 1 heterocycles. The van der Waals surface area contributed by atoms with Crippen molar-refractivity contribution in [1.29, 1.82) is 0 Å². The molecular formula is C20H16ClN3O6. The quantitative estimate of drug-likeness (QED) is 0.425. The van der Waals surface area contributed by atoms with Crippen LogP contribution in [0.15, 0.2) is 53.1 Å². The zero-order chi connectivity index (χ0) is 21.8. The molecule has 0 radical (unpaired) electrons. The molecule has 30 heavy (non-hydrogen) atoms. The Hall–Kier alpha value is -3.72. The van der Waals surface area contributed by atoms with Crippen LogP contribution >= 0.6 is 11.6 Å². The third-order valence-electron chi connectivity index (χ3n) is 4.39. The summed E-state index contributed by atoms with van der Waals surface area (Å²) in [5, 5.41) is 27.0. The van der Waals surface area contributed by atoms with Crippen LogP contribution in [0.3, 0.4) is 0 Å². The van der Waals surface area contributed by atoms with Crippen molar-refractivity contribution in [3.63, 3.8) is 0 Å². The number of non-ortho nitro benzene ring substituents is 1. The van der Waals surface area contributed by atoms with Gasteiger partial charge in [-0.25, -0.2) is 0 Å². The van der Waals surface area contributed by atoms with Crippen LogP contribution in [0, 0.1) is 17.0 Å². The second kappa shape index (κ2) is 8.75. The molecule has 0 saturated carbocycles. The Morgan fingerprint density at radius 3 is 2.60 bits per heavy atom. The molecule has 1 unspecified atom stereocenters. The molecule has 3 aromatic rings. The number of aliphatic carboxylic acids is 1. The third kappa shape index (κ3) is 4.47. The fourth-order valence-corrected chi connectivity index (χ4v) is 3.24. The fraction of sp³-hybridized carbons (Fsp3) is 0.150. The first-order chi connectivity index (χ1) is 14.3. The lowest BCUT2D eigenvalue weighted by Crippen LogP contribution is -2.31. The molecule has 154 valence electrons. The summed E-state index contributed by atoms with van der Waals surface area (Å²) in [6.07, 6.45) is -0.530. The van der Waals surface area contributed by atoms with Crippen molar-refractivity contribution < 1.29 is 24.1 Å². The van der Waals surface area contributed by atoms with Crippen molar-refractivity contribution in [3.8, 4) is 11.3 Å². The molecule has 9 nitrogen and oxygen atoms in total. The molecule has 2 aromatic carbocycles. The molecule has 0 bridgehead atoms. The predicted molar refractivity (Wildman–Crippen MR) is 107 cm³/mol. The number of amides is 1. The summed E-state index contributed by atoms with van der Waals surface area (Å²) in [7, 11) is 0. The molecule has 0 aliphatic carbocycles. The number of aromatic nitrogens is 1. The molecule has 10 heteroatoms. The third-order valence-corrected chi connectivity index (χ3v) is 4.73. The highest BCUT2D eigenvalue weighted by molar-refractivity contribution is 6.31. The van der Waals surface area contributed by atoms with Gasteiger partial charge in [-0.3, -0.25) is 19.7 Å². The molecule has 1 aromatic heterocycles. The molecule has 3 rings (SSSR count). The lowest BCUT2D eigenvalue weighted by Gasteiger charge is -2.18. The highest BCUT2D eigenvalue weighted by Crippen LogP contribution is 2.31. The maximum atomic E-state index is 13.0. The van der Waals surface area contributed by atoms with Gasteiger partial charge in [0.15, 0.2) is 0 Å². The number of rotatable bonds is 7. The van der Waals surface area contributed by atoms with Crippen molar-refractivity contribution in [1.82, 2.24) is 10.5 Å². The Labute approximate surface area is 175 Å². The molecule has 0 aliphatic rings. The van der Waals surface area contributed by atoms with Gasteiger partial charge in [-0.15, -0.1) is 0 Å². The number of benzene rings is 2. The van der Waals surface area contributed by atoms with Crippen LogP contribution in [-0.2, 0) is 4.79 Å². The van der Waals surface area contributed by atoms with E-state index < -0.39 is 29.3 Å². The van der Waals surface area contributed by atoms with Crippen LogP contribution in [0.5, 0.6) is 0 Å². The highest BCUT2D eigenvalue weighted by atomic mass is 35.5. The van der Waals surface area contributed by atoms with E-state index >= 15 is 0 Å². The molecule has 1 atom stereocenters. The van der Waals surface area contributed by atoms with Gasteiger partial charge in [-0.2, -0.15) is 0 Å². The van der Waals surface area contributed by atoms with E-state index in [1.165, 1.54) is 12.1 Å². The molecule has 1 amide bonds. The average Bonchev–Trinajstić information content (AvgIpc) is 3.09. The number of nitrogens with zero attached hydrogens (tertiary/aromatic N) is 2. The van der Waals surface area contributed by atoms with Crippen molar-refractivity contribution in [2.24, 2.45) is 0 Å². The van der Waals surface area contributed by atoms with E-state index in [2.05, 4.69) is 10.5 Å². The first-order valence-electron chi connectivity index (χ1n) is 8.76. The number of carboxylic acids is 1. The zero-order valence-corrected chi connectivity index (χ0v) is 16.4. The van der Waals surface area contributed by atoms with Crippen LogP contribution in [0.1, 0.15) is 34.1 Å². The Balaban J connectivity index is 1.99. The van der Waals surface area contributed by atoms with E-state index in [-0.39, 0.29) is 27.6 Å². The van der Waals surface area contributed by atoms with Gasteiger partial charge in [0.1, 0.15) is 17.0 Å². The van der Waals surface area contributed by atoms with Gasteiger partial charge in [0, 0.05) is 28.3 Å². The van der Waals surface area contributed by atoms with Crippen molar-refractivity contribution in [3.05, 3.63) is 80.6 Å². The summed E-state index contributed by atoms with van der Waals surface area (Å²) in [5.74, 6) is -1.61. The van der Waals surface area contributed by atoms with Gasteiger partial charge in [0.2, 0.25) is 0 Å². The first-order valence-corrected chi connectivity index (χ1v) is 9.14. The molecule has 0 saturated heterocycles. The monoisotopic (exact) mass is 429 g/mol. The number of nitro groups is 1. The van der Waals surface area contributed by atoms with Crippen LogP contribution in [0.4, 0.5) is 5.69 Å². The van der Waals surface area contributed by atoms with Crippen LogP contribution < -0.4 is 5.32 Å². The van der Waals surface area contributed by atoms with Gasteiger partial charge < -0.3 is 14.9 Å². The van der Waals surface area contributed by atoms with Gasteiger partial charge in [-0.1, -0.05) is 47.1 Å². The predicted octanol–water partition coefficient (Wildman–Crippen LogP) is 4.16. The summed E-state index contributed by atoms with van der Waals surface area (Å²) < 4.78 is 5.17. The molecule has 0 spiro atoms. The summed E-state index contributed by atoms with van der Waals surface area (Å²) in [5.41, 5.74) is 0.924. The molecular weight excluding hydrogens is 414 g/mol. The minimum absolute atomic E-state index is 0.0949. The maximum Gasteiger partial charge on any atom is 0.305 e. The topological polar surface area (TPSA) is 136 Å². The number of hydrogen-bond acceptors (Lipinski definition) is 6. The Bertz CT molecular complexity index is 1110. The lowest BCUT2D eigenvalue weighted by atomic mass is 10.0. The van der Waals surface area contributed by atoms with Gasteiger partial charge >= 0.3 is 5.97 Å². The fourth-order valence-electron chi connectivity index (χ4n) is 2.99. The smallest absolute Gasteiger partial charge is 0.305 e. The number of carboxylic acid groups (broad SMARTS) is 1. The van der Waals surface area contributed by atoms with E-state index in [0.29, 0.717) is 11.3 Å². The second-order valence-corrected chi connectivity index (χ2v) is 6.82. The number of hydrogen-bond donors (Lipinski definition) is 2. The summed E-state index contributed by atoms with van der Waals surface area (Å²) in [6.45, 7) is 1.56. The van der Waals surface area contributed by atoms with Crippen molar-refractivity contribution in [2.75, 3.05) is 0 Å². The van der Waals surface area contributed by atoms with E-state index in [1.54, 1.807) is 31.2 Å². The number of carbonyl (C=O) groups is 2. The summed E-state index contributed by atoms with van der Waals surface area (Å²) in [4.78, 5) is 34.9. The first kappa shape index (κ1) is 21.0. The Morgan fingerprint density at radius 1 is 1.27 bits per heavy atom. The number of carbonyl (C=O) groups excluding carboxylic acids is 1. The zero-order valence-electron chi connectivity index (χ0n) is 15.7. The molecule has 2 N–H and O–H groups in total. The van der Waals surface area contributed by atoms with E-state index in [1.807, 2.05) is 6.07 Å². The van der Waals surface area contributed by atoms with Crippen molar-refractivity contribution >= 4 is 29.2 Å². The van der Waals surface area contributed by atoms with Crippen molar-refractivity contribution in [2.45, 2.75) is 19.4 Å². The van der Waals surface area contributed by atoms with E-state index in [4.69, 9.17) is 16.1 Å². The normalized spacial score (nSPS) is 11.7. The number of aryl methyl sites for hydroxylation is 1. The maximum absolute atomic E-state index is 13.0. The standard InChI is InChI=1S/C20H16ClN3O6/c1-11-18(19(23-30-11)12-5-3-2-4-6-12)20(27)22-16(10-17(25)26)14-9-13(24(28)29)7-8-15(14)21/h2-9,16H,10H2,1H3,(H,22,27)(H,25,26). The highest BCUT2D eigenvalue weighted by Gasteiger charge is 2.27.